The van der Waals surface area contributed by atoms with Crippen LogP contribution >= 0.6 is 0 Å². The van der Waals surface area contributed by atoms with Gasteiger partial charge in [-0.05, 0) is 20.8 Å². The van der Waals surface area contributed by atoms with Gasteiger partial charge in [-0.15, -0.1) is 0 Å². The van der Waals surface area contributed by atoms with E-state index in [2.05, 4.69) is 4.74 Å². The Bertz CT molecular complexity index is 364. The Hall–Kier alpha value is -1.78. The second-order valence-electron chi connectivity index (χ2n) is 4.85. The summed E-state index contributed by atoms with van der Waals surface area (Å²) in [5.41, 5.74) is 3.95. The molecule has 9 nitrogen and oxygen atoms in total. The molecule has 0 unspecified atom stereocenters. The molecule has 22 heavy (non-hydrogen) atoms. The number of aliphatic carboxylic acids is 2. The topological polar surface area (TPSA) is 167 Å². The van der Waals surface area contributed by atoms with Gasteiger partial charge in [-0.2, -0.15) is 0 Å². The molecule has 0 rings (SSSR count). The van der Waals surface area contributed by atoms with Crippen LogP contribution in [0.25, 0.3) is 0 Å². The molecule has 130 valence electrons. The van der Waals surface area contributed by atoms with Gasteiger partial charge in [0.2, 0.25) is 0 Å². The first-order valence-electron chi connectivity index (χ1n) is 6.26. The van der Waals surface area contributed by atoms with Gasteiger partial charge in [-0.25, -0.2) is 14.0 Å². The number of carbonyl (C=O) groups excluding carboxylic acids is 1. The van der Waals surface area contributed by atoms with Crippen molar-refractivity contribution in [3.05, 3.63) is 0 Å². The van der Waals surface area contributed by atoms with Gasteiger partial charge in [0.15, 0.2) is 12.2 Å². The van der Waals surface area contributed by atoms with Crippen LogP contribution in [0.5, 0.6) is 0 Å². The first-order chi connectivity index (χ1) is 9.83. The van der Waals surface area contributed by atoms with Gasteiger partial charge in [0.05, 0.1) is 6.61 Å². The molecule has 3 atom stereocenters. The predicted octanol–water partition coefficient (Wildman–Crippen LogP) is -1.11. The van der Waals surface area contributed by atoms with Crippen molar-refractivity contribution in [2.24, 2.45) is 5.73 Å². The predicted molar refractivity (Wildman–Crippen MR) is 71.7 cm³/mol. The van der Waals surface area contributed by atoms with Gasteiger partial charge >= 0.3 is 17.9 Å². The maximum Gasteiger partial charge on any atom is 0.335 e. The standard InChI is InChI=1S/C8H16FNO2.C4H6O6/c1-4-12-7(11)6(10)5-8(2,3)9;5-1(3(7)8)2(6)4(9)10/h6H,4-5,10H2,1-3H3;1-2,5-6H,(H,7,8)(H,9,10)/t6-;1-,2-/m01/s1. The monoisotopic (exact) mass is 327 g/mol. The lowest BCUT2D eigenvalue weighted by atomic mass is 10.0. The first kappa shape index (κ1) is 22.5. The summed E-state index contributed by atoms with van der Waals surface area (Å²) < 4.78 is 17.6. The summed E-state index contributed by atoms with van der Waals surface area (Å²) in [6.07, 6.45) is -4.54. The van der Waals surface area contributed by atoms with E-state index < -0.39 is 41.8 Å². The van der Waals surface area contributed by atoms with Crippen LogP contribution in [0.15, 0.2) is 0 Å². The molecule has 0 aromatic heterocycles. The molecule has 0 aromatic carbocycles. The third-order valence-corrected chi connectivity index (χ3v) is 2.10. The van der Waals surface area contributed by atoms with E-state index in [4.69, 9.17) is 26.2 Å². The minimum absolute atomic E-state index is 0.00810. The van der Waals surface area contributed by atoms with Crippen LogP contribution in [0.3, 0.4) is 0 Å². The van der Waals surface area contributed by atoms with E-state index in [-0.39, 0.29) is 13.0 Å². The zero-order valence-electron chi connectivity index (χ0n) is 12.5. The zero-order chi connectivity index (χ0) is 18.1. The lowest BCUT2D eigenvalue weighted by Gasteiger charge is -2.17. The number of aliphatic hydroxyl groups is 2. The summed E-state index contributed by atoms with van der Waals surface area (Å²) in [6, 6.07) is -0.857. The second kappa shape index (κ2) is 10.0. The lowest BCUT2D eigenvalue weighted by molar-refractivity contribution is -0.165. The molecule has 0 aromatic rings. The highest BCUT2D eigenvalue weighted by Crippen LogP contribution is 2.15. The van der Waals surface area contributed by atoms with Gasteiger partial charge in [0.1, 0.15) is 11.7 Å². The third kappa shape index (κ3) is 10.9. The van der Waals surface area contributed by atoms with Crippen molar-refractivity contribution < 1.29 is 43.9 Å². The number of ether oxygens (including phenoxy) is 1. The summed E-state index contributed by atoms with van der Waals surface area (Å²) in [7, 11) is 0. The van der Waals surface area contributed by atoms with Crippen LogP contribution in [-0.2, 0) is 19.1 Å². The molecule has 10 heteroatoms. The molecular weight excluding hydrogens is 305 g/mol. The maximum atomic E-state index is 13.0. The largest absolute Gasteiger partial charge is 0.479 e. The molecule has 6 N–H and O–H groups in total. The Balaban J connectivity index is 0. The van der Waals surface area contributed by atoms with Crippen LogP contribution < -0.4 is 5.73 Å². The fourth-order valence-corrected chi connectivity index (χ4v) is 1.13. The SMILES string of the molecule is CCOC(=O)[C@@H](N)CC(C)(C)F.O=C(O)[C@H](O)[C@@H](O)C(=O)O. The molecule has 0 bridgehead atoms. The van der Waals surface area contributed by atoms with E-state index in [9.17, 15) is 18.8 Å². The molecule has 0 spiro atoms. The zero-order valence-corrected chi connectivity index (χ0v) is 12.5. The number of hydrogen-bond acceptors (Lipinski definition) is 7. The summed E-state index contributed by atoms with van der Waals surface area (Å²) in [5, 5.41) is 32.5. The van der Waals surface area contributed by atoms with Crippen LogP contribution in [-0.4, -0.2) is 68.9 Å². The molecule has 0 aliphatic rings. The second-order valence-corrected chi connectivity index (χ2v) is 4.85. The van der Waals surface area contributed by atoms with Crippen molar-refractivity contribution in [3.63, 3.8) is 0 Å². The van der Waals surface area contributed by atoms with Crippen molar-refractivity contribution in [1.29, 1.82) is 0 Å². The number of halogens is 1. The van der Waals surface area contributed by atoms with Crippen molar-refractivity contribution in [1.82, 2.24) is 0 Å². The van der Waals surface area contributed by atoms with Gasteiger partial charge < -0.3 is 30.9 Å². The summed E-state index contributed by atoms with van der Waals surface area (Å²) >= 11 is 0. The van der Waals surface area contributed by atoms with Gasteiger partial charge in [-0.3, -0.25) is 4.79 Å². The first-order valence-corrected chi connectivity index (χ1v) is 6.26. The van der Waals surface area contributed by atoms with Gasteiger partial charge in [0, 0.05) is 6.42 Å². The fourth-order valence-electron chi connectivity index (χ4n) is 1.13. The minimum atomic E-state index is -2.27. The number of aliphatic hydroxyl groups excluding tert-OH is 2. The lowest BCUT2D eigenvalue weighted by Crippen LogP contribution is -2.39. The molecule has 0 saturated carbocycles. The van der Waals surface area contributed by atoms with Crippen LogP contribution in [0.4, 0.5) is 4.39 Å². The number of rotatable bonds is 7. The summed E-state index contributed by atoms with van der Waals surface area (Å²) in [6.45, 7) is 4.72. The highest BCUT2D eigenvalue weighted by Gasteiger charge is 2.29. The smallest absolute Gasteiger partial charge is 0.335 e. The number of hydrogen-bond donors (Lipinski definition) is 5. The fraction of sp³-hybridized carbons (Fsp3) is 0.750. The minimum Gasteiger partial charge on any atom is -0.479 e. The maximum absolute atomic E-state index is 13.0. The van der Waals surface area contributed by atoms with E-state index in [1.165, 1.54) is 13.8 Å². The van der Waals surface area contributed by atoms with Gasteiger partial charge in [0.25, 0.3) is 0 Å². The molecular formula is C12H22FNO8. The van der Waals surface area contributed by atoms with Crippen molar-refractivity contribution in [3.8, 4) is 0 Å². The van der Waals surface area contributed by atoms with Crippen LogP contribution in [0.1, 0.15) is 27.2 Å². The quantitative estimate of drug-likeness (QED) is 0.364. The summed E-state index contributed by atoms with van der Waals surface area (Å²) in [4.78, 5) is 30.5. The number of esters is 1. The van der Waals surface area contributed by atoms with E-state index in [0.29, 0.717) is 0 Å². The van der Waals surface area contributed by atoms with E-state index >= 15 is 0 Å². The van der Waals surface area contributed by atoms with E-state index in [0.717, 1.165) is 0 Å². The Morgan fingerprint density at radius 2 is 1.50 bits per heavy atom. The molecule has 0 aliphatic carbocycles. The number of alkyl halides is 1. The highest BCUT2D eigenvalue weighted by molar-refractivity contribution is 5.83. The molecule has 0 radical (unpaired) electrons. The number of nitrogens with two attached hydrogens (primary N) is 1. The van der Waals surface area contributed by atoms with Crippen LogP contribution in [0.2, 0.25) is 0 Å². The molecule has 0 amide bonds. The average Bonchev–Trinajstić information content (AvgIpc) is 2.35. The van der Waals surface area contributed by atoms with Gasteiger partial charge in [-0.1, -0.05) is 0 Å². The molecule has 0 fully saturated rings. The normalized spacial score (nSPS) is 14.9. The molecule has 0 heterocycles. The third-order valence-electron chi connectivity index (χ3n) is 2.10. The molecule has 0 aliphatic heterocycles. The Kier molecular flexibility index (Phi) is 10.3. The van der Waals surface area contributed by atoms with Crippen molar-refractivity contribution in [2.45, 2.75) is 51.1 Å². The number of carbonyl (C=O) groups is 3. The Morgan fingerprint density at radius 3 is 1.73 bits per heavy atom. The van der Waals surface area contributed by atoms with Crippen molar-refractivity contribution in [2.75, 3.05) is 6.61 Å². The molecule has 0 saturated heterocycles. The van der Waals surface area contributed by atoms with E-state index in [1.54, 1.807) is 6.92 Å². The van der Waals surface area contributed by atoms with Crippen molar-refractivity contribution >= 4 is 17.9 Å². The average molecular weight is 327 g/mol. The summed E-state index contributed by atoms with van der Waals surface area (Å²) in [5.74, 6) is -4.08. The number of carboxylic acids is 2. The Labute approximate surface area is 126 Å². The van der Waals surface area contributed by atoms with E-state index in [1.807, 2.05) is 0 Å². The number of carboxylic acid groups (broad SMARTS) is 2. The highest BCUT2D eigenvalue weighted by atomic mass is 19.1. The Morgan fingerprint density at radius 1 is 1.14 bits per heavy atom. The van der Waals surface area contributed by atoms with Crippen LogP contribution in [0, 0.1) is 0 Å².